The summed E-state index contributed by atoms with van der Waals surface area (Å²) in [6.45, 7) is 4.36. The highest BCUT2D eigenvalue weighted by Gasteiger charge is 2.17. The third kappa shape index (κ3) is 4.35. The van der Waals surface area contributed by atoms with Crippen molar-refractivity contribution in [1.82, 2.24) is 9.71 Å². The summed E-state index contributed by atoms with van der Waals surface area (Å²) in [5.74, 6) is 1.62. The number of nitrogens with zero attached hydrogens (tertiary/aromatic N) is 1. The van der Waals surface area contributed by atoms with Gasteiger partial charge in [0.2, 0.25) is 5.88 Å². The molecule has 0 bridgehead atoms. The molecule has 134 valence electrons. The molecule has 2 heterocycles. The van der Waals surface area contributed by atoms with Gasteiger partial charge in [0.15, 0.2) is 0 Å². The summed E-state index contributed by atoms with van der Waals surface area (Å²) in [6, 6.07) is 5.68. The number of nitrogens with one attached hydrogen (secondary N) is 1. The Balaban J connectivity index is 1.91. The van der Waals surface area contributed by atoms with Gasteiger partial charge < -0.3 is 15.2 Å². The van der Waals surface area contributed by atoms with Gasteiger partial charge >= 0.3 is 0 Å². The molecule has 0 aliphatic carbocycles. The number of hydrogen-bond acceptors (Lipinski definition) is 6. The molecule has 0 radical (unpaired) electrons. The Kier molecular flexibility index (Phi) is 5.65. The van der Waals surface area contributed by atoms with Gasteiger partial charge in [0.25, 0.3) is 5.91 Å². The Morgan fingerprint density at radius 2 is 2.32 bits per heavy atom. The second-order valence-electron chi connectivity index (χ2n) is 6.33. The number of benzene rings is 1. The van der Waals surface area contributed by atoms with Crippen molar-refractivity contribution in [3.05, 3.63) is 30.0 Å². The van der Waals surface area contributed by atoms with E-state index in [0.717, 1.165) is 22.9 Å². The molecule has 25 heavy (non-hydrogen) atoms. The minimum atomic E-state index is -0.514. The van der Waals surface area contributed by atoms with Crippen LogP contribution in [0.5, 0.6) is 11.6 Å². The zero-order chi connectivity index (χ0) is 17.8. The zero-order valence-corrected chi connectivity index (χ0v) is 15.3. The standard InChI is InChI=1S/C18H23N3O3S/c1-11(2)24-16-9-14-12(8-15(16)17(19)22)5-6-20-18(14)23-10-13-4-3-7-25-21-13/h5-6,8-9,11,13,21H,3-4,7,10H2,1-2H3,(H2,19,22). The van der Waals surface area contributed by atoms with Crippen LogP contribution in [0.15, 0.2) is 24.4 Å². The van der Waals surface area contributed by atoms with Gasteiger partial charge in [-0.15, -0.1) is 0 Å². The van der Waals surface area contributed by atoms with E-state index in [1.54, 1.807) is 30.3 Å². The van der Waals surface area contributed by atoms with Gasteiger partial charge in [-0.2, -0.15) is 0 Å². The van der Waals surface area contributed by atoms with Crippen LogP contribution in [-0.2, 0) is 0 Å². The average Bonchev–Trinajstić information content (AvgIpc) is 2.59. The third-order valence-corrected chi connectivity index (χ3v) is 4.92. The molecule has 1 aliphatic rings. The molecule has 1 atom stereocenters. The van der Waals surface area contributed by atoms with Gasteiger partial charge in [0, 0.05) is 17.3 Å². The molecule has 0 saturated carbocycles. The number of aromatic nitrogens is 1. The first-order valence-corrected chi connectivity index (χ1v) is 9.42. The SMILES string of the molecule is CC(C)Oc1cc2c(OCC3CCCSN3)nccc2cc1C(N)=O. The molecule has 1 fully saturated rings. The zero-order valence-electron chi connectivity index (χ0n) is 14.5. The van der Waals surface area contributed by atoms with E-state index in [4.69, 9.17) is 15.2 Å². The van der Waals surface area contributed by atoms with Crippen LogP contribution in [0, 0.1) is 0 Å². The fourth-order valence-corrected chi connectivity index (χ4v) is 3.62. The number of rotatable bonds is 6. The van der Waals surface area contributed by atoms with Gasteiger partial charge in [-0.05, 0) is 50.3 Å². The van der Waals surface area contributed by atoms with Crippen LogP contribution in [-0.4, -0.2) is 35.4 Å². The highest BCUT2D eigenvalue weighted by atomic mass is 32.2. The van der Waals surface area contributed by atoms with Crippen LogP contribution >= 0.6 is 11.9 Å². The van der Waals surface area contributed by atoms with Gasteiger partial charge in [0.1, 0.15) is 12.4 Å². The largest absolute Gasteiger partial charge is 0.490 e. The number of primary amides is 1. The molecule has 2 aromatic rings. The number of ether oxygens (including phenoxy) is 2. The average molecular weight is 361 g/mol. The molecular weight excluding hydrogens is 338 g/mol. The van der Waals surface area contributed by atoms with Crippen LogP contribution < -0.4 is 19.9 Å². The van der Waals surface area contributed by atoms with Gasteiger partial charge in [-0.1, -0.05) is 11.9 Å². The predicted molar refractivity (Wildman–Crippen MR) is 100 cm³/mol. The molecule has 1 aromatic heterocycles. The molecule has 1 unspecified atom stereocenters. The summed E-state index contributed by atoms with van der Waals surface area (Å²) < 4.78 is 15.1. The highest BCUT2D eigenvalue weighted by Crippen LogP contribution is 2.31. The van der Waals surface area contributed by atoms with E-state index in [1.807, 2.05) is 19.9 Å². The first-order valence-electron chi connectivity index (χ1n) is 8.44. The number of carbonyl (C=O) groups is 1. The normalized spacial score (nSPS) is 17.6. The lowest BCUT2D eigenvalue weighted by molar-refractivity contribution is 0.0994. The molecule has 1 aliphatic heterocycles. The summed E-state index contributed by atoms with van der Waals surface area (Å²) in [6.07, 6.45) is 3.88. The Morgan fingerprint density at radius 3 is 3.00 bits per heavy atom. The van der Waals surface area contributed by atoms with Crippen molar-refractivity contribution >= 4 is 28.6 Å². The number of amides is 1. The second-order valence-corrected chi connectivity index (χ2v) is 7.27. The van der Waals surface area contributed by atoms with Crippen LogP contribution in [0.3, 0.4) is 0 Å². The smallest absolute Gasteiger partial charge is 0.252 e. The van der Waals surface area contributed by atoms with Crippen LogP contribution in [0.1, 0.15) is 37.0 Å². The van der Waals surface area contributed by atoms with Crippen LogP contribution in [0.2, 0.25) is 0 Å². The molecule has 1 aromatic carbocycles. The van der Waals surface area contributed by atoms with Crippen LogP contribution in [0.4, 0.5) is 0 Å². The Bertz CT molecular complexity index is 761. The van der Waals surface area contributed by atoms with Crippen molar-refractivity contribution in [3.8, 4) is 11.6 Å². The topological polar surface area (TPSA) is 86.5 Å². The monoisotopic (exact) mass is 361 g/mol. The first-order chi connectivity index (χ1) is 12.0. The summed E-state index contributed by atoms with van der Waals surface area (Å²) in [5.41, 5.74) is 5.86. The van der Waals surface area contributed by atoms with E-state index in [9.17, 15) is 4.79 Å². The molecule has 1 saturated heterocycles. The Hall–Kier alpha value is -1.99. The van der Waals surface area contributed by atoms with E-state index in [0.29, 0.717) is 29.8 Å². The van der Waals surface area contributed by atoms with Crippen molar-refractivity contribution in [2.24, 2.45) is 5.73 Å². The van der Waals surface area contributed by atoms with Crippen molar-refractivity contribution in [2.45, 2.75) is 38.8 Å². The van der Waals surface area contributed by atoms with Crippen LogP contribution in [0.25, 0.3) is 10.8 Å². The van der Waals surface area contributed by atoms with E-state index in [-0.39, 0.29) is 6.10 Å². The molecular formula is C18H23N3O3S. The quantitative estimate of drug-likeness (QED) is 0.770. The molecule has 3 rings (SSSR count). The molecule has 0 spiro atoms. The molecule has 1 amide bonds. The summed E-state index contributed by atoms with van der Waals surface area (Å²) in [5, 5.41) is 1.66. The Labute approximate surface area is 151 Å². The van der Waals surface area contributed by atoms with Gasteiger partial charge in [-0.3, -0.25) is 9.52 Å². The fourth-order valence-electron chi connectivity index (χ4n) is 2.77. The number of pyridine rings is 1. The third-order valence-electron chi connectivity index (χ3n) is 3.93. The first kappa shape index (κ1) is 17.8. The maximum atomic E-state index is 11.7. The number of hydrogen-bond donors (Lipinski definition) is 2. The highest BCUT2D eigenvalue weighted by molar-refractivity contribution is 7.97. The van der Waals surface area contributed by atoms with E-state index in [2.05, 4.69) is 9.71 Å². The minimum absolute atomic E-state index is 0.0694. The summed E-state index contributed by atoms with van der Waals surface area (Å²) >= 11 is 1.73. The molecule has 6 nitrogen and oxygen atoms in total. The minimum Gasteiger partial charge on any atom is -0.490 e. The molecule has 7 heteroatoms. The van der Waals surface area contributed by atoms with Crippen molar-refractivity contribution in [2.75, 3.05) is 12.4 Å². The van der Waals surface area contributed by atoms with Crippen molar-refractivity contribution in [1.29, 1.82) is 0 Å². The Morgan fingerprint density at radius 1 is 1.48 bits per heavy atom. The van der Waals surface area contributed by atoms with Crippen molar-refractivity contribution in [3.63, 3.8) is 0 Å². The maximum absolute atomic E-state index is 11.7. The lowest BCUT2D eigenvalue weighted by Gasteiger charge is -2.22. The molecule has 3 N–H and O–H groups in total. The summed E-state index contributed by atoms with van der Waals surface area (Å²) in [4.78, 5) is 16.1. The second kappa shape index (κ2) is 7.93. The predicted octanol–water partition coefficient (Wildman–Crippen LogP) is 2.90. The van der Waals surface area contributed by atoms with E-state index < -0.39 is 5.91 Å². The summed E-state index contributed by atoms with van der Waals surface area (Å²) in [7, 11) is 0. The van der Waals surface area contributed by atoms with Gasteiger partial charge in [0.05, 0.1) is 17.7 Å². The lowest BCUT2D eigenvalue weighted by atomic mass is 10.1. The number of nitrogens with two attached hydrogens (primary N) is 1. The number of fused-ring (bicyclic) bond motifs is 1. The number of carbonyl (C=O) groups excluding carboxylic acids is 1. The van der Waals surface area contributed by atoms with E-state index in [1.165, 1.54) is 6.42 Å². The lowest BCUT2D eigenvalue weighted by Crippen LogP contribution is -2.33. The fraction of sp³-hybridized carbons (Fsp3) is 0.444. The van der Waals surface area contributed by atoms with Crippen molar-refractivity contribution < 1.29 is 14.3 Å². The maximum Gasteiger partial charge on any atom is 0.252 e. The van der Waals surface area contributed by atoms with E-state index >= 15 is 0 Å². The van der Waals surface area contributed by atoms with Gasteiger partial charge in [-0.25, -0.2) is 4.98 Å².